The molecule has 5 nitrogen and oxygen atoms in total. The van der Waals surface area contributed by atoms with Crippen LogP contribution in [0.1, 0.15) is 12.0 Å². The highest BCUT2D eigenvalue weighted by molar-refractivity contribution is 9.10. The van der Waals surface area contributed by atoms with E-state index < -0.39 is 5.82 Å². The lowest BCUT2D eigenvalue weighted by atomic mass is 10.2. The highest BCUT2D eigenvalue weighted by Gasteiger charge is 2.09. The fourth-order valence-electron chi connectivity index (χ4n) is 2.45. The molecule has 7 heteroatoms. The van der Waals surface area contributed by atoms with Crippen LogP contribution in [0.4, 0.5) is 10.1 Å². The highest BCUT2D eigenvalue weighted by Crippen LogP contribution is 2.17. The Morgan fingerprint density at radius 1 is 1.28 bits per heavy atom. The second-order valence-corrected chi connectivity index (χ2v) is 6.58. The molecule has 1 aromatic heterocycles. The molecule has 0 aliphatic rings. The third-order valence-electron chi connectivity index (χ3n) is 3.84. The third kappa shape index (κ3) is 3.93. The van der Waals surface area contributed by atoms with E-state index in [0.29, 0.717) is 16.6 Å². The van der Waals surface area contributed by atoms with Crippen LogP contribution in [-0.2, 0) is 11.3 Å². The summed E-state index contributed by atoms with van der Waals surface area (Å²) < 4.78 is 15.5. The van der Waals surface area contributed by atoms with Crippen LogP contribution in [0, 0.1) is 12.7 Å². The molecule has 1 N–H and O–H groups in total. The minimum absolute atomic E-state index is 0.0804. The van der Waals surface area contributed by atoms with Crippen LogP contribution in [0.5, 0.6) is 0 Å². The van der Waals surface area contributed by atoms with E-state index in [2.05, 4.69) is 26.2 Å². The van der Waals surface area contributed by atoms with Crippen molar-refractivity contribution < 1.29 is 9.18 Å². The molecule has 0 radical (unpaired) electrons. The Balaban J connectivity index is 1.74. The molecule has 0 bridgehead atoms. The number of anilines is 1. The minimum atomic E-state index is -0.415. The molecule has 0 atom stereocenters. The Morgan fingerprint density at radius 2 is 2.08 bits per heavy atom. The molecule has 128 valence electrons. The van der Waals surface area contributed by atoms with Crippen molar-refractivity contribution in [1.29, 1.82) is 0 Å². The largest absolute Gasteiger partial charge is 0.326 e. The second kappa shape index (κ2) is 7.14. The van der Waals surface area contributed by atoms with Gasteiger partial charge in [-0.05, 0) is 42.8 Å². The van der Waals surface area contributed by atoms with Crippen LogP contribution in [0.2, 0.25) is 0 Å². The highest BCUT2D eigenvalue weighted by atomic mass is 79.9. The Labute approximate surface area is 151 Å². The van der Waals surface area contributed by atoms with Gasteiger partial charge in [0.2, 0.25) is 5.91 Å². The molecule has 1 amide bonds. The Kier molecular flexibility index (Phi) is 4.94. The van der Waals surface area contributed by atoms with Gasteiger partial charge in [0.1, 0.15) is 5.82 Å². The molecule has 1 heterocycles. The quantitative estimate of drug-likeness (QED) is 0.723. The smallest absolute Gasteiger partial charge is 0.261 e. The van der Waals surface area contributed by atoms with Gasteiger partial charge in [0, 0.05) is 23.1 Å². The van der Waals surface area contributed by atoms with E-state index in [1.807, 2.05) is 6.07 Å². The topological polar surface area (TPSA) is 64.0 Å². The number of aryl methyl sites for hydroxylation is 2. The van der Waals surface area contributed by atoms with Crippen LogP contribution in [0.25, 0.3) is 10.9 Å². The number of nitrogens with zero attached hydrogens (tertiary/aromatic N) is 2. The Hall–Kier alpha value is -2.54. The first-order valence-electron chi connectivity index (χ1n) is 7.65. The summed E-state index contributed by atoms with van der Waals surface area (Å²) in [6.07, 6.45) is 1.51. The van der Waals surface area contributed by atoms with Crippen LogP contribution in [0.3, 0.4) is 0 Å². The van der Waals surface area contributed by atoms with Crippen LogP contribution in [0.15, 0.2) is 52.0 Å². The summed E-state index contributed by atoms with van der Waals surface area (Å²) in [4.78, 5) is 28.8. The van der Waals surface area contributed by atoms with Crippen molar-refractivity contribution in [2.45, 2.75) is 19.9 Å². The number of halogens is 2. The summed E-state index contributed by atoms with van der Waals surface area (Å²) in [6.45, 7) is 1.97. The standard InChI is InChI=1S/C18H15BrFN3O2/c1-11-2-4-13(20)9-16(11)22-17(24)6-7-23-10-21-15-5-3-12(19)8-14(15)18(23)25/h2-5,8-10H,6-7H2,1H3,(H,22,24). The number of aromatic nitrogens is 2. The van der Waals surface area contributed by atoms with Gasteiger partial charge in [-0.25, -0.2) is 9.37 Å². The molecule has 2 aromatic carbocycles. The van der Waals surface area contributed by atoms with Crippen molar-refractivity contribution in [1.82, 2.24) is 9.55 Å². The summed E-state index contributed by atoms with van der Waals surface area (Å²) in [7, 11) is 0. The number of nitrogens with one attached hydrogen (secondary N) is 1. The molecule has 0 aliphatic heterocycles. The van der Waals surface area contributed by atoms with E-state index in [0.717, 1.165) is 10.0 Å². The number of hydrogen-bond donors (Lipinski definition) is 1. The van der Waals surface area contributed by atoms with Gasteiger partial charge in [-0.1, -0.05) is 22.0 Å². The number of rotatable bonds is 4. The van der Waals surface area contributed by atoms with E-state index >= 15 is 0 Å². The zero-order valence-electron chi connectivity index (χ0n) is 13.4. The lowest BCUT2D eigenvalue weighted by Gasteiger charge is -2.10. The molecule has 3 aromatic rings. The van der Waals surface area contributed by atoms with Gasteiger partial charge in [-0.3, -0.25) is 14.2 Å². The van der Waals surface area contributed by atoms with E-state index in [1.165, 1.54) is 23.0 Å². The summed E-state index contributed by atoms with van der Waals surface area (Å²) >= 11 is 3.33. The van der Waals surface area contributed by atoms with Gasteiger partial charge < -0.3 is 5.32 Å². The summed E-state index contributed by atoms with van der Waals surface area (Å²) in [5.74, 6) is -0.712. The van der Waals surface area contributed by atoms with E-state index in [4.69, 9.17) is 0 Å². The first-order chi connectivity index (χ1) is 11.9. The maximum atomic E-state index is 13.3. The van der Waals surface area contributed by atoms with Gasteiger partial charge in [-0.15, -0.1) is 0 Å². The van der Waals surface area contributed by atoms with Gasteiger partial charge in [0.15, 0.2) is 0 Å². The van der Waals surface area contributed by atoms with Crippen LogP contribution < -0.4 is 10.9 Å². The number of hydrogen-bond acceptors (Lipinski definition) is 3. The number of carbonyl (C=O) groups excluding carboxylic acids is 1. The zero-order valence-corrected chi connectivity index (χ0v) is 15.0. The monoisotopic (exact) mass is 403 g/mol. The Bertz CT molecular complexity index is 1020. The number of carbonyl (C=O) groups is 1. The fraction of sp³-hybridized carbons (Fsp3) is 0.167. The van der Waals surface area contributed by atoms with Crippen LogP contribution >= 0.6 is 15.9 Å². The fourth-order valence-corrected chi connectivity index (χ4v) is 2.82. The predicted molar refractivity (Wildman–Crippen MR) is 98.1 cm³/mol. The minimum Gasteiger partial charge on any atom is -0.326 e. The number of amides is 1. The molecular weight excluding hydrogens is 389 g/mol. The van der Waals surface area contributed by atoms with Gasteiger partial charge in [0.25, 0.3) is 5.56 Å². The molecule has 25 heavy (non-hydrogen) atoms. The van der Waals surface area contributed by atoms with Gasteiger partial charge in [-0.2, -0.15) is 0 Å². The van der Waals surface area contributed by atoms with Crippen LogP contribution in [-0.4, -0.2) is 15.5 Å². The van der Waals surface area contributed by atoms with Crippen molar-refractivity contribution in [2.75, 3.05) is 5.32 Å². The third-order valence-corrected chi connectivity index (χ3v) is 4.33. The molecule has 0 spiro atoms. The second-order valence-electron chi connectivity index (χ2n) is 5.66. The first kappa shape index (κ1) is 17.3. The van der Waals surface area contributed by atoms with Gasteiger partial charge in [0.05, 0.1) is 17.2 Å². The van der Waals surface area contributed by atoms with E-state index in [-0.39, 0.29) is 24.4 Å². The average molecular weight is 404 g/mol. The Morgan fingerprint density at radius 3 is 2.88 bits per heavy atom. The average Bonchev–Trinajstić information content (AvgIpc) is 2.58. The number of fused-ring (bicyclic) bond motifs is 1. The molecule has 0 saturated heterocycles. The number of benzene rings is 2. The van der Waals surface area contributed by atoms with Crippen molar-refractivity contribution in [3.8, 4) is 0 Å². The van der Waals surface area contributed by atoms with Crippen molar-refractivity contribution >= 4 is 38.4 Å². The molecule has 0 unspecified atom stereocenters. The predicted octanol–water partition coefficient (Wildman–Crippen LogP) is 3.64. The SMILES string of the molecule is Cc1ccc(F)cc1NC(=O)CCn1cnc2ccc(Br)cc2c1=O. The summed E-state index contributed by atoms with van der Waals surface area (Å²) in [5.41, 5.74) is 1.59. The lowest BCUT2D eigenvalue weighted by molar-refractivity contribution is -0.116. The molecule has 0 saturated carbocycles. The molecule has 0 aliphatic carbocycles. The summed E-state index contributed by atoms with van der Waals surface area (Å²) in [6, 6.07) is 9.48. The lowest BCUT2D eigenvalue weighted by Crippen LogP contribution is -2.23. The molecule has 0 fully saturated rings. The maximum Gasteiger partial charge on any atom is 0.261 e. The van der Waals surface area contributed by atoms with E-state index in [1.54, 1.807) is 25.1 Å². The molecule has 3 rings (SSSR count). The normalized spacial score (nSPS) is 10.8. The van der Waals surface area contributed by atoms with Crippen molar-refractivity contribution in [2.24, 2.45) is 0 Å². The van der Waals surface area contributed by atoms with E-state index in [9.17, 15) is 14.0 Å². The van der Waals surface area contributed by atoms with Crippen molar-refractivity contribution in [3.05, 3.63) is 68.9 Å². The first-order valence-corrected chi connectivity index (χ1v) is 8.44. The zero-order chi connectivity index (χ0) is 18.0. The molecular formula is C18H15BrFN3O2. The maximum absolute atomic E-state index is 13.3. The summed E-state index contributed by atoms with van der Waals surface area (Å²) in [5, 5.41) is 3.15. The van der Waals surface area contributed by atoms with Crippen molar-refractivity contribution in [3.63, 3.8) is 0 Å². The van der Waals surface area contributed by atoms with Gasteiger partial charge >= 0.3 is 0 Å².